The molecule has 3 amide bonds. The lowest BCUT2D eigenvalue weighted by atomic mass is 9.89. The number of nitrogens with one attached hydrogen (secondary N) is 2. The van der Waals surface area contributed by atoms with Crippen LogP contribution in [0.5, 0.6) is 5.75 Å². The highest BCUT2D eigenvalue weighted by molar-refractivity contribution is 6.09. The standard InChI is InChI=1S/C32H41N7O5/c1-19(2)43-27-14-24-20(13-26(27)36-29(40)25-15-34-39-12-6-11-33-28(25)39)16-38(30(24)41)23-9-7-21(8-10-23)35-22-17-37(18-22)31(42)44-32(3,4)5/h6,11-15,19,21-23,35H,7-10,16-18H2,1-5H3,(H,36,40)/t21-,23-. The lowest BCUT2D eigenvalue weighted by Crippen LogP contribution is -2.62. The van der Waals surface area contributed by atoms with Gasteiger partial charge in [0.15, 0.2) is 5.65 Å². The molecule has 0 unspecified atom stereocenters. The van der Waals surface area contributed by atoms with Gasteiger partial charge >= 0.3 is 6.09 Å². The molecule has 234 valence electrons. The highest BCUT2D eigenvalue weighted by Gasteiger charge is 2.38. The minimum absolute atomic E-state index is 0.00159. The number of carbonyl (C=O) groups excluding carboxylic acids is 3. The lowest BCUT2D eigenvalue weighted by molar-refractivity contribution is 0.00326. The number of aromatic nitrogens is 3. The van der Waals surface area contributed by atoms with Gasteiger partial charge in [0, 0.05) is 55.7 Å². The van der Waals surface area contributed by atoms with Gasteiger partial charge in [0.25, 0.3) is 11.8 Å². The molecule has 0 radical (unpaired) electrons. The van der Waals surface area contributed by atoms with Crippen molar-refractivity contribution in [3.8, 4) is 5.75 Å². The SMILES string of the molecule is CC(C)Oc1cc2c(cc1NC(=O)c1cnn3cccnc13)CN([C@H]1CC[C@H](NC3CN(C(=O)OC(C)(C)C)C3)CC1)C2=O. The van der Waals surface area contributed by atoms with E-state index in [0.717, 1.165) is 31.2 Å². The first-order valence-electron chi connectivity index (χ1n) is 15.4. The van der Waals surface area contributed by atoms with Crippen LogP contribution in [-0.4, -0.2) is 85.2 Å². The molecule has 1 saturated heterocycles. The molecule has 12 heteroatoms. The second-order valence-electron chi connectivity index (χ2n) is 13.3. The summed E-state index contributed by atoms with van der Waals surface area (Å²) in [4.78, 5) is 47.1. The number of rotatable bonds is 7. The number of hydrogen-bond donors (Lipinski definition) is 2. The first kappa shape index (κ1) is 29.9. The molecule has 0 bridgehead atoms. The number of likely N-dealkylation sites (tertiary alicyclic amines) is 1. The van der Waals surface area contributed by atoms with Gasteiger partial charge in [-0.15, -0.1) is 0 Å². The van der Waals surface area contributed by atoms with E-state index >= 15 is 0 Å². The van der Waals surface area contributed by atoms with Crippen molar-refractivity contribution in [2.75, 3.05) is 18.4 Å². The van der Waals surface area contributed by atoms with Crippen LogP contribution in [-0.2, 0) is 11.3 Å². The summed E-state index contributed by atoms with van der Waals surface area (Å²) in [6.07, 6.45) is 8.17. The van der Waals surface area contributed by atoms with Crippen molar-refractivity contribution in [3.05, 3.63) is 53.5 Å². The molecular formula is C32H41N7O5. The zero-order valence-electron chi connectivity index (χ0n) is 26.0. The topological polar surface area (TPSA) is 130 Å². The summed E-state index contributed by atoms with van der Waals surface area (Å²) in [7, 11) is 0. The molecule has 2 aliphatic heterocycles. The second kappa shape index (κ2) is 11.7. The third kappa shape index (κ3) is 6.21. The van der Waals surface area contributed by atoms with E-state index in [4.69, 9.17) is 9.47 Å². The van der Waals surface area contributed by atoms with Crippen LogP contribution in [0.2, 0.25) is 0 Å². The van der Waals surface area contributed by atoms with Crippen LogP contribution in [0.4, 0.5) is 10.5 Å². The van der Waals surface area contributed by atoms with Crippen LogP contribution in [0.3, 0.4) is 0 Å². The molecule has 6 rings (SSSR count). The number of anilines is 1. The van der Waals surface area contributed by atoms with Gasteiger partial charge in [-0.2, -0.15) is 5.10 Å². The van der Waals surface area contributed by atoms with Gasteiger partial charge < -0.3 is 29.9 Å². The highest BCUT2D eigenvalue weighted by atomic mass is 16.6. The predicted molar refractivity (Wildman–Crippen MR) is 164 cm³/mol. The van der Waals surface area contributed by atoms with E-state index in [9.17, 15) is 14.4 Å². The van der Waals surface area contributed by atoms with Crippen LogP contribution in [0, 0.1) is 0 Å². The smallest absolute Gasteiger partial charge is 0.410 e. The number of ether oxygens (including phenoxy) is 2. The molecule has 0 spiro atoms. The van der Waals surface area contributed by atoms with Crippen molar-refractivity contribution in [2.45, 2.75) is 96.7 Å². The number of amides is 3. The van der Waals surface area contributed by atoms with Gasteiger partial charge in [-0.25, -0.2) is 14.3 Å². The summed E-state index contributed by atoms with van der Waals surface area (Å²) in [5.74, 6) is 0.113. The Morgan fingerprint density at radius 3 is 2.52 bits per heavy atom. The molecule has 44 heavy (non-hydrogen) atoms. The zero-order chi connectivity index (χ0) is 31.2. The number of hydrogen-bond acceptors (Lipinski definition) is 8. The van der Waals surface area contributed by atoms with Crippen LogP contribution >= 0.6 is 0 Å². The molecule has 4 heterocycles. The van der Waals surface area contributed by atoms with Crippen LogP contribution in [0.1, 0.15) is 86.6 Å². The summed E-state index contributed by atoms with van der Waals surface area (Å²) >= 11 is 0. The van der Waals surface area contributed by atoms with Crippen molar-refractivity contribution < 1.29 is 23.9 Å². The molecular weight excluding hydrogens is 562 g/mol. The fraction of sp³-hybridized carbons (Fsp3) is 0.531. The van der Waals surface area contributed by atoms with Crippen LogP contribution in [0.25, 0.3) is 5.65 Å². The van der Waals surface area contributed by atoms with Gasteiger partial charge in [0.2, 0.25) is 0 Å². The molecule has 3 aliphatic rings. The predicted octanol–water partition coefficient (Wildman–Crippen LogP) is 4.24. The van der Waals surface area contributed by atoms with E-state index in [2.05, 4.69) is 20.7 Å². The third-order valence-electron chi connectivity index (χ3n) is 8.31. The molecule has 2 aromatic heterocycles. The first-order valence-corrected chi connectivity index (χ1v) is 15.4. The number of fused-ring (bicyclic) bond motifs is 2. The minimum atomic E-state index is -0.493. The maximum absolute atomic E-state index is 13.6. The normalized spacial score (nSPS) is 20.5. The Balaban J connectivity index is 1.08. The maximum atomic E-state index is 13.6. The summed E-state index contributed by atoms with van der Waals surface area (Å²) in [5.41, 5.74) is 2.32. The zero-order valence-corrected chi connectivity index (χ0v) is 26.0. The Morgan fingerprint density at radius 1 is 1.07 bits per heavy atom. The first-order chi connectivity index (χ1) is 20.9. The van der Waals surface area contributed by atoms with Crippen molar-refractivity contribution in [1.82, 2.24) is 29.7 Å². The molecule has 3 aromatic rings. The fourth-order valence-electron chi connectivity index (χ4n) is 6.23. The Bertz CT molecular complexity index is 1560. The fourth-order valence-corrected chi connectivity index (χ4v) is 6.23. The quantitative estimate of drug-likeness (QED) is 0.410. The number of benzene rings is 1. The summed E-state index contributed by atoms with van der Waals surface area (Å²) in [6, 6.07) is 6.15. The monoisotopic (exact) mass is 603 g/mol. The molecule has 1 aromatic carbocycles. The van der Waals surface area contributed by atoms with Gasteiger partial charge in [-0.05, 0) is 84.1 Å². The van der Waals surface area contributed by atoms with Crippen molar-refractivity contribution in [3.63, 3.8) is 0 Å². The molecule has 2 N–H and O–H groups in total. The van der Waals surface area contributed by atoms with E-state index in [-0.39, 0.29) is 36.1 Å². The Kier molecular flexibility index (Phi) is 7.95. The largest absolute Gasteiger partial charge is 0.489 e. The van der Waals surface area contributed by atoms with E-state index in [1.165, 1.54) is 6.20 Å². The third-order valence-corrected chi connectivity index (χ3v) is 8.31. The maximum Gasteiger partial charge on any atom is 0.410 e. The van der Waals surface area contributed by atoms with Gasteiger partial charge in [-0.1, -0.05) is 0 Å². The average Bonchev–Trinajstić information content (AvgIpc) is 3.51. The average molecular weight is 604 g/mol. The summed E-state index contributed by atoms with van der Waals surface area (Å²) in [5, 5.41) is 10.9. The van der Waals surface area contributed by atoms with Gasteiger partial charge in [0.05, 0.1) is 18.0 Å². The Morgan fingerprint density at radius 2 is 1.82 bits per heavy atom. The van der Waals surface area contributed by atoms with Gasteiger partial charge in [-0.3, -0.25) is 9.59 Å². The molecule has 2 fully saturated rings. The van der Waals surface area contributed by atoms with E-state index < -0.39 is 5.60 Å². The number of carbonyl (C=O) groups is 3. The Labute approximate surface area is 257 Å². The molecule has 1 aliphatic carbocycles. The summed E-state index contributed by atoms with van der Waals surface area (Å²) < 4.78 is 13.1. The Hall–Kier alpha value is -4.19. The molecule has 12 nitrogen and oxygen atoms in total. The molecule has 1 saturated carbocycles. The highest BCUT2D eigenvalue weighted by Crippen LogP contribution is 2.37. The van der Waals surface area contributed by atoms with Crippen molar-refractivity contribution in [1.29, 1.82) is 0 Å². The minimum Gasteiger partial charge on any atom is -0.489 e. The number of nitrogens with zero attached hydrogens (tertiary/aromatic N) is 5. The van der Waals surface area contributed by atoms with Crippen molar-refractivity contribution >= 4 is 29.2 Å². The second-order valence-corrected chi connectivity index (χ2v) is 13.3. The van der Waals surface area contributed by atoms with Gasteiger partial charge in [0.1, 0.15) is 16.9 Å². The summed E-state index contributed by atoms with van der Waals surface area (Å²) in [6.45, 7) is 11.2. The van der Waals surface area contributed by atoms with E-state index in [1.54, 1.807) is 33.9 Å². The van der Waals surface area contributed by atoms with Crippen LogP contribution in [0.15, 0.2) is 36.8 Å². The lowest BCUT2D eigenvalue weighted by Gasteiger charge is -2.43. The van der Waals surface area contributed by atoms with E-state index in [0.29, 0.717) is 53.9 Å². The molecule has 0 atom stereocenters. The van der Waals surface area contributed by atoms with Crippen molar-refractivity contribution in [2.24, 2.45) is 0 Å². The van der Waals surface area contributed by atoms with Crippen LogP contribution < -0.4 is 15.4 Å². The van der Waals surface area contributed by atoms with E-state index in [1.807, 2.05) is 45.6 Å².